The first-order valence-electron chi connectivity index (χ1n) is 10.7. The van der Waals surface area contributed by atoms with Gasteiger partial charge in [0.25, 0.3) is 5.91 Å². The highest BCUT2D eigenvalue weighted by Gasteiger charge is 2.27. The molecule has 0 spiro atoms. The molecule has 6 heteroatoms. The van der Waals surface area contributed by atoms with Gasteiger partial charge in [0.05, 0.1) is 19.9 Å². The number of carbonyl (C=O) groups is 1. The molecular formula is C26H36N2O4. The van der Waals surface area contributed by atoms with Gasteiger partial charge >= 0.3 is 0 Å². The minimum atomic E-state index is -0.339. The number of hydrazone groups is 1. The minimum Gasteiger partial charge on any atom is -0.497 e. The van der Waals surface area contributed by atoms with E-state index >= 15 is 0 Å². The van der Waals surface area contributed by atoms with Crippen molar-refractivity contribution in [2.45, 2.75) is 53.4 Å². The van der Waals surface area contributed by atoms with Crippen molar-refractivity contribution < 1.29 is 19.0 Å². The highest BCUT2D eigenvalue weighted by atomic mass is 16.5. The Morgan fingerprint density at radius 2 is 1.56 bits per heavy atom. The quantitative estimate of drug-likeness (QED) is 0.422. The van der Waals surface area contributed by atoms with E-state index in [0.29, 0.717) is 23.0 Å². The third-order valence-corrected chi connectivity index (χ3v) is 5.12. The third-order valence-electron chi connectivity index (χ3n) is 5.12. The lowest BCUT2D eigenvalue weighted by molar-refractivity contribution is -0.123. The predicted molar refractivity (Wildman–Crippen MR) is 129 cm³/mol. The van der Waals surface area contributed by atoms with Crippen LogP contribution < -0.4 is 19.6 Å². The van der Waals surface area contributed by atoms with Gasteiger partial charge in [0.15, 0.2) is 6.61 Å². The Bertz CT molecular complexity index is 941. The molecule has 1 N–H and O–H groups in total. The second-order valence-corrected chi connectivity index (χ2v) is 9.73. The maximum Gasteiger partial charge on any atom is 0.277 e. The molecule has 1 amide bonds. The molecule has 0 saturated heterocycles. The van der Waals surface area contributed by atoms with Gasteiger partial charge < -0.3 is 14.2 Å². The second kappa shape index (κ2) is 10.5. The van der Waals surface area contributed by atoms with Crippen molar-refractivity contribution in [3.8, 4) is 17.2 Å². The SMILES string of the molecule is COc1ccc(C(C)=NNC(=O)COc2ccc(C(C)(C)CC(C)(C)C)cc2)c(OC)c1. The van der Waals surface area contributed by atoms with Gasteiger partial charge in [-0.05, 0) is 54.0 Å². The fraction of sp³-hybridized carbons (Fsp3) is 0.462. The summed E-state index contributed by atoms with van der Waals surface area (Å²) in [6, 6.07) is 13.4. The molecule has 0 unspecified atom stereocenters. The normalized spacial score (nSPS) is 12.3. The van der Waals surface area contributed by atoms with Gasteiger partial charge in [-0.15, -0.1) is 0 Å². The monoisotopic (exact) mass is 440 g/mol. The topological polar surface area (TPSA) is 69.2 Å². The molecule has 2 aromatic carbocycles. The van der Waals surface area contributed by atoms with Gasteiger partial charge in [0.1, 0.15) is 17.2 Å². The zero-order valence-electron chi connectivity index (χ0n) is 20.5. The number of amides is 1. The van der Waals surface area contributed by atoms with Crippen molar-refractivity contribution >= 4 is 11.6 Å². The van der Waals surface area contributed by atoms with Crippen molar-refractivity contribution in [1.82, 2.24) is 5.43 Å². The van der Waals surface area contributed by atoms with Gasteiger partial charge in [-0.3, -0.25) is 4.79 Å². The zero-order chi connectivity index (χ0) is 23.9. The number of nitrogens with one attached hydrogen (secondary N) is 1. The number of benzene rings is 2. The molecule has 0 radical (unpaired) electrons. The van der Waals surface area contributed by atoms with Crippen LogP contribution in [-0.4, -0.2) is 32.4 Å². The van der Waals surface area contributed by atoms with Crippen LogP contribution in [0.2, 0.25) is 0 Å². The highest BCUT2D eigenvalue weighted by molar-refractivity contribution is 6.01. The lowest BCUT2D eigenvalue weighted by Gasteiger charge is -2.33. The number of nitrogens with zero attached hydrogens (tertiary/aromatic N) is 1. The van der Waals surface area contributed by atoms with Crippen LogP contribution in [0.3, 0.4) is 0 Å². The Morgan fingerprint density at radius 3 is 2.12 bits per heavy atom. The molecule has 0 aliphatic rings. The Labute approximate surface area is 192 Å². The molecule has 174 valence electrons. The first kappa shape index (κ1) is 25.2. The van der Waals surface area contributed by atoms with E-state index in [1.807, 2.05) is 24.3 Å². The number of hydrogen-bond donors (Lipinski definition) is 1. The van der Waals surface area contributed by atoms with E-state index in [0.717, 1.165) is 12.0 Å². The molecule has 0 aromatic heterocycles. The van der Waals surface area contributed by atoms with E-state index in [9.17, 15) is 4.79 Å². The number of methoxy groups -OCH3 is 2. The number of hydrogen-bond acceptors (Lipinski definition) is 5. The van der Waals surface area contributed by atoms with Crippen molar-refractivity contribution in [2.24, 2.45) is 10.5 Å². The van der Waals surface area contributed by atoms with Crippen molar-refractivity contribution in [3.63, 3.8) is 0 Å². The first-order valence-corrected chi connectivity index (χ1v) is 10.7. The zero-order valence-corrected chi connectivity index (χ0v) is 20.5. The molecule has 6 nitrogen and oxygen atoms in total. The van der Waals surface area contributed by atoms with Crippen molar-refractivity contribution in [3.05, 3.63) is 53.6 Å². The third kappa shape index (κ3) is 7.29. The highest BCUT2D eigenvalue weighted by Crippen LogP contribution is 2.36. The van der Waals surface area contributed by atoms with Crippen molar-refractivity contribution in [1.29, 1.82) is 0 Å². The van der Waals surface area contributed by atoms with Gasteiger partial charge in [0, 0.05) is 11.6 Å². The molecule has 0 aliphatic heterocycles. The summed E-state index contributed by atoms with van der Waals surface area (Å²) in [7, 11) is 3.17. The summed E-state index contributed by atoms with van der Waals surface area (Å²) in [4.78, 5) is 12.2. The van der Waals surface area contributed by atoms with Crippen LogP contribution in [0.25, 0.3) is 0 Å². The molecule has 2 rings (SSSR count). The Balaban J connectivity index is 1.94. The van der Waals surface area contributed by atoms with E-state index in [2.05, 4.69) is 57.3 Å². The van der Waals surface area contributed by atoms with Gasteiger partial charge in [-0.1, -0.05) is 46.8 Å². The smallest absolute Gasteiger partial charge is 0.277 e. The molecule has 0 saturated carbocycles. The van der Waals surface area contributed by atoms with Crippen LogP contribution in [-0.2, 0) is 10.2 Å². The first-order chi connectivity index (χ1) is 14.9. The minimum absolute atomic E-state index is 0.0584. The number of rotatable bonds is 9. The average Bonchev–Trinajstić information content (AvgIpc) is 2.74. The summed E-state index contributed by atoms with van der Waals surface area (Å²) in [5, 5.41) is 4.17. The summed E-state index contributed by atoms with van der Waals surface area (Å²) >= 11 is 0. The second-order valence-electron chi connectivity index (χ2n) is 9.73. The maximum absolute atomic E-state index is 12.2. The van der Waals surface area contributed by atoms with Gasteiger partial charge in [0.2, 0.25) is 0 Å². The van der Waals surface area contributed by atoms with Crippen LogP contribution in [0.5, 0.6) is 17.2 Å². The Hall–Kier alpha value is -3.02. The molecule has 2 aromatic rings. The molecule has 0 heterocycles. The molecule has 32 heavy (non-hydrogen) atoms. The van der Waals surface area contributed by atoms with Crippen molar-refractivity contribution in [2.75, 3.05) is 20.8 Å². The fourth-order valence-electron chi connectivity index (χ4n) is 3.92. The van der Waals surface area contributed by atoms with Crippen LogP contribution in [0, 0.1) is 5.41 Å². The van der Waals surface area contributed by atoms with E-state index in [1.165, 1.54) is 5.56 Å². The van der Waals surface area contributed by atoms with Gasteiger partial charge in [-0.2, -0.15) is 5.10 Å². The van der Waals surface area contributed by atoms with E-state index in [1.54, 1.807) is 27.2 Å². The van der Waals surface area contributed by atoms with Crippen LogP contribution in [0.1, 0.15) is 59.1 Å². The number of ether oxygens (including phenoxy) is 3. The summed E-state index contributed by atoms with van der Waals surface area (Å²) in [5.41, 5.74) is 5.46. The standard InChI is InChI=1S/C26H36N2O4/c1-18(22-14-13-21(30-7)15-23(22)31-8)27-28-24(29)16-32-20-11-9-19(10-12-20)26(5,6)17-25(2,3)4/h9-15H,16-17H2,1-8H3,(H,28,29). The lowest BCUT2D eigenvalue weighted by atomic mass is 9.72. The summed E-state index contributed by atoms with van der Waals surface area (Å²) in [5.74, 6) is 1.61. The summed E-state index contributed by atoms with van der Waals surface area (Å²) in [6.45, 7) is 12.9. The van der Waals surface area contributed by atoms with E-state index < -0.39 is 0 Å². The van der Waals surface area contributed by atoms with Crippen LogP contribution in [0.4, 0.5) is 0 Å². The Morgan fingerprint density at radius 1 is 0.938 bits per heavy atom. The van der Waals surface area contributed by atoms with Crippen LogP contribution >= 0.6 is 0 Å². The molecule has 0 fully saturated rings. The van der Waals surface area contributed by atoms with Crippen LogP contribution in [0.15, 0.2) is 47.6 Å². The largest absolute Gasteiger partial charge is 0.497 e. The summed E-state index contributed by atoms with van der Waals surface area (Å²) < 4.78 is 16.2. The van der Waals surface area contributed by atoms with E-state index in [-0.39, 0.29) is 23.3 Å². The molecule has 0 atom stereocenters. The number of carbonyl (C=O) groups excluding carboxylic acids is 1. The Kier molecular flexibility index (Phi) is 8.31. The molecular weight excluding hydrogens is 404 g/mol. The summed E-state index contributed by atoms with van der Waals surface area (Å²) in [6.07, 6.45) is 1.07. The van der Waals surface area contributed by atoms with E-state index in [4.69, 9.17) is 14.2 Å². The average molecular weight is 441 g/mol. The lowest BCUT2D eigenvalue weighted by Crippen LogP contribution is -2.26. The molecule has 0 bridgehead atoms. The fourth-order valence-corrected chi connectivity index (χ4v) is 3.92. The maximum atomic E-state index is 12.2. The predicted octanol–water partition coefficient (Wildman–Crippen LogP) is 5.34. The molecule has 0 aliphatic carbocycles. The van der Waals surface area contributed by atoms with Gasteiger partial charge in [-0.25, -0.2) is 5.43 Å².